The number of carboxylic acid groups (broad SMARTS) is 1. The van der Waals surface area contributed by atoms with Crippen LogP contribution in [0.2, 0.25) is 0 Å². The van der Waals surface area contributed by atoms with Crippen LogP contribution in [0.4, 0.5) is 0 Å². The van der Waals surface area contributed by atoms with Gasteiger partial charge in [0.05, 0.1) is 19.1 Å². The molecule has 0 aliphatic heterocycles. The summed E-state index contributed by atoms with van der Waals surface area (Å²) in [6, 6.07) is 0. The zero-order valence-corrected chi connectivity index (χ0v) is 18.4. The Morgan fingerprint density at radius 3 is 1.68 bits per heavy atom. The Hall–Kier alpha value is -0.650. The van der Waals surface area contributed by atoms with E-state index in [1.165, 1.54) is 77.0 Å². The minimum absolute atomic E-state index is 0.00873. The largest absolute Gasteiger partial charge is 0.481 e. The van der Waals surface area contributed by atoms with Gasteiger partial charge in [0, 0.05) is 19.6 Å². The van der Waals surface area contributed by atoms with Crippen LogP contribution in [0.15, 0.2) is 0 Å². The average Bonchev–Trinajstić information content (AvgIpc) is 2.66. The number of aliphatic carboxylic acids is 1. The lowest BCUT2D eigenvalue weighted by Crippen LogP contribution is -2.36. The molecule has 0 fully saturated rings. The SMILES string of the molecule is CCCCCCCCCCCCCCCCC(O)CN(CCO)CCC(=O)O. The fourth-order valence-corrected chi connectivity index (χ4v) is 3.65. The van der Waals surface area contributed by atoms with Gasteiger partial charge >= 0.3 is 5.97 Å². The van der Waals surface area contributed by atoms with E-state index in [1.54, 1.807) is 0 Å². The quantitative estimate of drug-likeness (QED) is 0.223. The van der Waals surface area contributed by atoms with Gasteiger partial charge < -0.3 is 15.3 Å². The third-order valence-corrected chi connectivity index (χ3v) is 5.42. The van der Waals surface area contributed by atoms with Crippen molar-refractivity contribution in [1.29, 1.82) is 0 Å². The second-order valence-corrected chi connectivity index (χ2v) is 8.21. The normalized spacial score (nSPS) is 12.6. The number of hydrogen-bond acceptors (Lipinski definition) is 4. The van der Waals surface area contributed by atoms with E-state index in [-0.39, 0.29) is 13.0 Å². The molecule has 0 aromatic rings. The predicted octanol–water partition coefficient (Wildman–Crippen LogP) is 4.99. The monoisotopic (exact) mass is 401 g/mol. The van der Waals surface area contributed by atoms with E-state index >= 15 is 0 Å². The first kappa shape index (κ1) is 27.4. The maximum Gasteiger partial charge on any atom is 0.304 e. The van der Waals surface area contributed by atoms with Crippen LogP contribution >= 0.6 is 0 Å². The Kier molecular flexibility index (Phi) is 20.6. The highest BCUT2D eigenvalue weighted by atomic mass is 16.4. The summed E-state index contributed by atoms with van der Waals surface area (Å²) >= 11 is 0. The Bertz CT molecular complexity index is 339. The molecule has 1 unspecified atom stereocenters. The van der Waals surface area contributed by atoms with Crippen molar-refractivity contribution in [3.8, 4) is 0 Å². The molecule has 5 nitrogen and oxygen atoms in total. The van der Waals surface area contributed by atoms with E-state index in [0.29, 0.717) is 19.6 Å². The summed E-state index contributed by atoms with van der Waals surface area (Å²) < 4.78 is 0. The maximum atomic E-state index is 10.7. The molecular formula is C23H47NO4. The van der Waals surface area contributed by atoms with Crippen molar-refractivity contribution >= 4 is 5.97 Å². The van der Waals surface area contributed by atoms with Gasteiger partial charge in [-0.15, -0.1) is 0 Å². The summed E-state index contributed by atoms with van der Waals surface area (Å²) in [7, 11) is 0. The molecular weight excluding hydrogens is 354 g/mol. The highest BCUT2D eigenvalue weighted by Gasteiger charge is 2.12. The summed E-state index contributed by atoms with van der Waals surface area (Å²) in [6.07, 6.45) is 18.9. The lowest BCUT2D eigenvalue weighted by molar-refractivity contribution is -0.137. The minimum atomic E-state index is -0.843. The van der Waals surface area contributed by atoms with Gasteiger partial charge in [0.2, 0.25) is 0 Å². The summed E-state index contributed by atoms with van der Waals surface area (Å²) in [5.41, 5.74) is 0. The van der Waals surface area contributed by atoms with E-state index in [4.69, 9.17) is 10.2 Å². The molecule has 28 heavy (non-hydrogen) atoms. The van der Waals surface area contributed by atoms with Gasteiger partial charge in [-0.05, 0) is 6.42 Å². The van der Waals surface area contributed by atoms with E-state index in [2.05, 4.69) is 6.92 Å². The van der Waals surface area contributed by atoms with Gasteiger partial charge in [0.15, 0.2) is 0 Å². The molecule has 0 saturated heterocycles. The number of unbranched alkanes of at least 4 members (excludes halogenated alkanes) is 13. The number of nitrogens with zero attached hydrogens (tertiary/aromatic N) is 1. The summed E-state index contributed by atoms with van der Waals surface area (Å²) in [6.45, 7) is 3.51. The first-order valence-corrected chi connectivity index (χ1v) is 11.8. The summed E-state index contributed by atoms with van der Waals surface area (Å²) in [4.78, 5) is 12.5. The van der Waals surface area contributed by atoms with Gasteiger partial charge in [-0.2, -0.15) is 0 Å². The van der Waals surface area contributed by atoms with Crippen molar-refractivity contribution in [2.24, 2.45) is 0 Å². The third kappa shape index (κ3) is 20.1. The Labute approximate surface area is 173 Å². The van der Waals surface area contributed by atoms with Crippen molar-refractivity contribution in [2.75, 3.05) is 26.2 Å². The Balaban J connectivity index is 3.43. The maximum absolute atomic E-state index is 10.7. The molecule has 3 N–H and O–H groups in total. The van der Waals surface area contributed by atoms with E-state index < -0.39 is 12.1 Å². The zero-order valence-electron chi connectivity index (χ0n) is 18.4. The molecule has 0 aromatic heterocycles. The number of rotatable bonds is 22. The molecule has 0 spiro atoms. The van der Waals surface area contributed by atoms with Crippen molar-refractivity contribution in [1.82, 2.24) is 4.90 Å². The molecule has 0 bridgehead atoms. The summed E-state index contributed by atoms with van der Waals surface area (Å²) in [5.74, 6) is -0.843. The Morgan fingerprint density at radius 1 is 0.786 bits per heavy atom. The second kappa shape index (κ2) is 21.1. The molecule has 0 amide bonds. The van der Waals surface area contributed by atoms with Gasteiger partial charge in [0.25, 0.3) is 0 Å². The smallest absolute Gasteiger partial charge is 0.304 e. The van der Waals surface area contributed by atoms with Gasteiger partial charge in [-0.1, -0.05) is 96.8 Å². The molecule has 0 rings (SSSR count). The molecule has 0 radical (unpaired) electrons. The van der Waals surface area contributed by atoms with Crippen LogP contribution in [-0.4, -0.2) is 58.5 Å². The van der Waals surface area contributed by atoms with Gasteiger partial charge in [-0.3, -0.25) is 9.69 Å². The van der Waals surface area contributed by atoms with Crippen molar-refractivity contribution < 1.29 is 20.1 Å². The molecule has 168 valence electrons. The molecule has 0 heterocycles. The number of carbonyl (C=O) groups is 1. The highest BCUT2D eigenvalue weighted by Crippen LogP contribution is 2.14. The second-order valence-electron chi connectivity index (χ2n) is 8.21. The standard InChI is InChI=1S/C23H47NO4/c1-2-3-4-5-6-7-8-9-10-11-12-13-14-15-16-22(26)21-24(19-20-25)18-17-23(27)28/h22,25-26H,2-21H2,1H3,(H,27,28). The average molecular weight is 402 g/mol. The van der Waals surface area contributed by atoms with Gasteiger partial charge in [-0.25, -0.2) is 0 Å². The van der Waals surface area contributed by atoms with Crippen LogP contribution < -0.4 is 0 Å². The van der Waals surface area contributed by atoms with Crippen LogP contribution in [-0.2, 0) is 4.79 Å². The van der Waals surface area contributed by atoms with Crippen LogP contribution in [0.5, 0.6) is 0 Å². The van der Waals surface area contributed by atoms with Crippen LogP contribution in [0.25, 0.3) is 0 Å². The van der Waals surface area contributed by atoms with E-state index in [0.717, 1.165) is 19.3 Å². The lowest BCUT2D eigenvalue weighted by Gasteiger charge is -2.23. The van der Waals surface area contributed by atoms with Crippen molar-refractivity contribution in [3.63, 3.8) is 0 Å². The van der Waals surface area contributed by atoms with E-state index in [1.807, 2.05) is 4.90 Å². The number of hydrogen-bond donors (Lipinski definition) is 3. The molecule has 0 aliphatic carbocycles. The minimum Gasteiger partial charge on any atom is -0.481 e. The third-order valence-electron chi connectivity index (χ3n) is 5.42. The molecule has 0 aromatic carbocycles. The number of aliphatic hydroxyl groups excluding tert-OH is 2. The van der Waals surface area contributed by atoms with E-state index in [9.17, 15) is 9.90 Å². The highest BCUT2D eigenvalue weighted by molar-refractivity contribution is 5.66. The first-order valence-electron chi connectivity index (χ1n) is 11.8. The van der Waals surface area contributed by atoms with Gasteiger partial charge in [0.1, 0.15) is 0 Å². The molecule has 1 atom stereocenters. The predicted molar refractivity (Wildman–Crippen MR) is 117 cm³/mol. The van der Waals surface area contributed by atoms with Crippen molar-refractivity contribution in [2.45, 2.75) is 116 Å². The lowest BCUT2D eigenvalue weighted by atomic mass is 10.0. The van der Waals surface area contributed by atoms with Crippen LogP contribution in [0.1, 0.15) is 110 Å². The zero-order chi connectivity index (χ0) is 20.9. The van der Waals surface area contributed by atoms with Crippen LogP contribution in [0, 0.1) is 0 Å². The first-order chi connectivity index (χ1) is 13.6. The number of carboxylic acids is 1. The topological polar surface area (TPSA) is 81.0 Å². The fourth-order valence-electron chi connectivity index (χ4n) is 3.65. The Morgan fingerprint density at radius 2 is 1.25 bits per heavy atom. The fraction of sp³-hybridized carbons (Fsp3) is 0.957. The number of aliphatic hydroxyl groups is 2. The van der Waals surface area contributed by atoms with Crippen LogP contribution in [0.3, 0.4) is 0 Å². The molecule has 0 aliphatic rings. The molecule has 0 saturated carbocycles. The van der Waals surface area contributed by atoms with Crippen molar-refractivity contribution in [3.05, 3.63) is 0 Å². The molecule has 5 heteroatoms. The summed E-state index contributed by atoms with van der Waals surface area (Å²) in [5, 5.41) is 27.9.